The molecule has 1 N–H and O–H groups in total. The maximum Gasteiger partial charge on any atom is 0.417 e. The number of aromatic nitrogens is 2. The van der Waals surface area contributed by atoms with Crippen molar-refractivity contribution in [1.29, 1.82) is 0 Å². The van der Waals surface area contributed by atoms with Crippen LogP contribution in [-0.4, -0.2) is 29.5 Å². The quantitative estimate of drug-likeness (QED) is 0.679. The Hall–Kier alpha value is -2.94. The summed E-state index contributed by atoms with van der Waals surface area (Å²) in [4.78, 5) is 16.9. The molecule has 1 aromatic carbocycles. The molecule has 148 valence electrons. The van der Waals surface area contributed by atoms with Crippen LogP contribution in [0.15, 0.2) is 30.5 Å². The fourth-order valence-electron chi connectivity index (χ4n) is 2.75. The summed E-state index contributed by atoms with van der Waals surface area (Å²) in [5, 5.41) is 2.42. The number of methoxy groups -OCH3 is 2. The SMILES string of the molecule is COc1ccc(NC(=O)c2c(C)nc3c(Cl)cc(C(F)(F)F)cn23)cc1OC. The van der Waals surface area contributed by atoms with Crippen molar-refractivity contribution in [2.45, 2.75) is 13.1 Å². The van der Waals surface area contributed by atoms with Crippen molar-refractivity contribution in [2.75, 3.05) is 19.5 Å². The van der Waals surface area contributed by atoms with E-state index in [9.17, 15) is 18.0 Å². The zero-order valence-electron chi connectivity index (χ0n) is 15.0. The van der Waals surface area contributed by atoms with Crippen LogP contribution in [0.1, 0.15) is 21.7 Å². The van der Waals surface area contributed by atoms with Crippen molar-refractivity contribution in [3.8, 4) is 11.5 Å². The summed E-state index contributed by atoms with van der Waals surface area (Å²) >= 11 is 5.95. The molecule has 3 rings (SSSR count). The van der Waals surface area contributed by atoms with Crippen LogP contribution in [0.5, 0.6) is 11.5 Å². The molecule has 0 atom stereocenters. The number of nitrogens with zero attached hydrogens (tertiary/aromatic N) is 2. The van der Waals surface area contributed by atoms with Crippen LogP contribution in [-0.2, 0) is 6.18 Å². The van der Waals surface area contributed by atoms with E-state index in [0.29, 0.717) is 17.2 Å². The molecular weight excluding hydrogens is 399 g/mol. The Morgan fingerprint density at radius 1 is 1.18 bits per heavy atom. The summed E-state index contributed by atoms with van der Waals surface area (Å²) in [6.45, 7) is 1.51. The number of hydrogen-bond acceptors (Lipinski definition) is 4. The van der Waals surface area contributed by atoms with Gasteiger partial charge in [0.1, 0.15) is 5.69 Å². The van der Waals surface area contributed by atoms with Gasteiger partial charge >= 0.3 is 6.18 Å². The van der Waals surface area contributed by atoms with Crippen LogP contribution in [0.2, 0.25) is 5.02 Å². The largest absolute Gasteiger partial charge is 0.493 e. The number of amides is 1. The number of imidazole rings is 1. The minimum Gasteiger partial charge on any atom is -0.493 e. The number of anilines is 1. The Morgan fingerprint density at radius 3 is 2.46 bits per heavy atom. The first-order valence-electron chi connectivity index (χ1n) is 7.94. The first-order chi connectivity index (χ1) is 13.2. The van der Waals surface area contributed by atoms with E-state index in [2.05, 4.69) is 10.3 Å². The molecule has 28 heavy (non-hydrogen) atoms. The first kappa shape index (κ1) is 19.8. The van der Waals surface area contributed by atoms with Crippen molar-refractivity contribution in [3.63, 3.8) is 0 Å². The van der Waals surface area contributed by atoms with E-state index >= 15 is 0 Å². The molecule has 0 aliphatic carbocycles. The van der Waals surface area contributed by atoms with Crippen LogP contribution in [0.4, 0.5) is 18.9 Å². The van der Waals surface area contributed by atoms with Crippen LogP contribution < -0.4 is 14.8 Å². The van der Waals surface area contributed by atoms with Crippen LogP contribution in [0, 0.1) is 6.92 Å². The highest BCUT2D eigenvalue weighted by Crippen LogP contribution is 2.33. The van der Waals surface area contributed by atoms with Gasteiger partial charge in [-0.25, -0.2) is 4.98 Å². The molecule has 0 aliphatic rings. The first-order valence-corrected chi connectivity index (χ1v) is 8.32. The Kier molecular flexibility index (Phi) is 5.12. The monoisotopic (exact) mass is 413 g/mol. The third-order valence-electron chi connectivity index (χ3n) is 4.03. The number of nitrogens with one attached hydrogen (secondary N) is 1. The van der Waals surface area contributed by atoms with Crippen molar-refractivity contribution in [3.05, 3.63) is 52.4 Å². The normalized spacial score (nSPS) is 11.5. The third-order valence-corrected chi connectivity index (χ3v) is 4.31. The second-order valence-corrected chi connectivity index (χ2v) is 6.24. The van der Waals surface area contributed by atoms with E-state index in [0.717, 1.165) is 16.7 Å². The molecule has 0 bridgehead atoms. The molecule has 1 amide bonds. The van der Waals surface area contributed by atoms with Gasteiger partial charge in [-0.05, 0) is 25.1 Å². The molecular formula is C18H15ClF3N3O3. The third kappa shape index (κ3) is 3.57. The van der Waals surface area contributed by atoms with E-state index in [1.807, 2.05) is 0 Å². The number of ether oxygens (including phenoxy) is 2. The molecule has 0 saturated heterocycles. The molecule has 10 heteroatoms. The molecule has 2 heterocycles. The van der Waals surface area contributed by atoms with Gasteiger partial charge in [0.25, 0.3) is 5.91 Å². The van der Waals surface area contributed by atoms with Crippen molar-refractivity contribution in [1.82, 2.24) is 9.38 Å². The minimum absolute atomic E-state index is 0.0576. The zero-order valence-corrected chi connectivity index (χ0v) is 15.8. The van der Waals surface area contributed by atoms with Gasteiger partial charge in [0, 0.05) is 18.0 Å². The predicted octanol–water partition coefficient (Wildman–Crippen LogP) is 4.58. The molecule has 0 fully saturated rings. The van der Waals surface area contributed by atoms with Crippen molar-refractivity contribution >= 4 is 28.8 Å². The lowest BCUT2D eigenvalue weighted by atomic mass is 10.2. The number of carbonyl (C=O) groups excluding carboxylic acids is 1. The molecule has 6 nitrogen and oxygen atoms in total. The van der Waals surface area contributed by atoms with Gasteiger partial charge in [-0.15, -0.1) is 0 Å². The highest BCUT2D eigenvalue weighted by molar-refractivity contribution is 6.33. The number of pyridine rings is 1. The van der Waals surface area contributed by atoms with E-state index in [1.54, 1.807) is 12.1 Å². The molecule has 3 aromatic rings. The van der Waals surface area contributed by atoms with Gasteiger partial charge in [-0.3, -0.25) is 9.20 Å². The van der Waals surface area contributed by atoms with Gasteiger partial charge < -0.3 is 14.8 Å². The Balaban J connectivity index is 2.04. The number of halogens is 4. The number of benzene rings is 1. The van der Waals surface area contributed by atoms with Crippen LogP contribution in [0.3, 0.4) is 0 Å². The van der Waals surface area contributed by atoms with E-state index in [-0.39, 0.29) is 22.1 Å². The summed E-state index contributed by atoms with van der Waals surface area (Å²) in [6, 6.07) is 5.48. The number of rotatable bonds is 4. The Bertz CT molecular complexity index is 1060. The van der Waals surface area contributed by atoms with Gasteiger partial charge in [-0.1, -0.05) is 11.6 Å². The maximum absolute atomic E-state index is 13.1. The lowest BCUT2D eigenvalue weighted by Crippen LogP contribution is -2.16. The van der Waals surface area contributed by atoms with Gasteiger partial charge in [0.05, 0.1) is 30.5 Å². The van der Waals surface area contributed by atoms with E-state index in [4.69, 9.17) is 21.1 Å². The number of alkyl halides is 3. The number of hydrogen-bond donors (Lipinski definition) is 1. The highest BCUT2D eigenvalue weighted by atomic mass is 35.5. The van der Waals surface area contributed by atoms with E-state index in [1.165, 1.54) is 27.2 Å². The summed E-state index contributed by atoms with van der Waals surface area (Å²) in [5.74, 6) is 0.207. The average molecular weight is 414 g/mol. The maximum atomic E-state index is 13.1. The predicted molar refractivity (Wildman–Crippen MR) is 97.4 cm³/mol. The summed E-state index contributed by atoms with van der Waals surface area (Å²) in [6.07, 6.45) is -3.82. The standard InChI is InChI=1S/C18H15ClF3N3O3/c1-9-15(17(26)24-11-4-5-13(27-2)14(7-11)28-3)25-8-10(18(20,21)22)6-12(19)16(25)23-9/h4-8H,1-3H3,(H,24,26). The van der Waals surface area contributed by atoms with E-state index < -0.39 is 17.6 Å². The van der Waals surface area contributed by atoms with Gasteiger partial charge in [0.2, 0.25) is 0 Å². The zero-order chi connectivity index (χ0) is 20.6. The second-order valence-electron chi connectivity index (χ2n) is 5.84. The molecule has 0 aliphatic heterocycles. The van der Waals surface area contributed by atoms with Crippen LogP contribution >= 0.6 is 11.6 Å². The molecule has 2 aromatic heterocycles. The lowest BCUT2D eigenvalue weighted by molar-refractivity contribution is -0.137. The fraction of sp³-hybridized carbons (Fsp3) is 0.222. The summed E-state index contributed by atoms with van der Waals surface area (Å²) < 4.78 is 50.7. The highest BCUT2D eigenvalue weighted by Gasteiger charge is 2.33. The number of carbonyl (C=O) groups is 1. The van der Waals surface area contributed by atoms with Crippen LogP contribution in [0.25, 0.3) is 5.65 Å². The number of aryl methyl sites for hydroxylation is 1. The second kappa shape index (κ2) is 7.23. The molecule has 0 saturated carbocycles. The Labute approximate surface area is 162 Å². The smallest absolute Gasteiger partial charge is 0.417 e. The van der Waals surface area contributed by atoms with Gasteiger partial charge in [-0.2, -0.15) is 13.2 Å². The molecule has 0 unspecified atom stereocenters. The molecule has 0 radical (unpaired) electrons. The van der Waals surface area contributed by atoms with Gasteiger partial charge in [0.15, 0.2) is 17.1 Å². The topological polar surface area (TPSA) is 64.9 Å². The minimum atomic E-state index is -4.62. The lowest BCUT2D eigenvalue weighted by Gasteiger charge is -2.12. The number of fused-ring (bicyclic) bond motifs is 1. The average Bonchev–Trinajstić information content (AvgIpc) is 2.97. The fourth-order valence-corrected chi connectivity index (χ4v) is 3.00. The summed E-state index contributed by atoms with van der Waals surface area (Å²) in [7, 11) is 2.92. The summed E-state index contributed by atoms with van der Waals surface area (Å²) in [5.41, 5.74) is -0.376. The molecule has 0 spiro atoms. The van der Waals surface area contributed by atoms with Crippen molar-refractivity contribution in [2.24, 2.45) is 0 Å². The Morgan fingerprint density at radius 2 is 1.86 bits per heavy atom. The van der Waals surface area contributed by atoms with Crippen molar-refractivity contribution < 1.29 is 27.4 Å².